The normalized spacial score (nSPS) is 10.9. The summed E-state index contributed by atoms with van der Waals surface area (Å²) in [5.74, 6) is -0.994. The maximum Gasteiger partial charge on any atom is 0.356 e. The number of carboxylic acid groups (broad SMARTS) is 1. The quantitative estimate of drug-likeness (QED) is 0.774. The van der Waals surface area contributed by atoms with Crippen LogP contribution in [0.5, 0.6) is 0 Å². The van der Waals surface area contributed by atoms with Crippen molar-refractivity contribution in [1.29, 1.82) is 0 Å². The van der Waals surface area contributed by atoms with Crippen molar-refractivity contribution in [2.24, 2.45) is 0 Å². The molecule has 0 fully saturated rings. The van der Waals surface area contributed by atoms with E-state index in [2.05, 4.69) is 5.10 Å². The van der Waals surface area contributed by atoms with E-state index in [1.54, 1.807) is 11.4 Å². The summed E-state index contributed by atoms with van der Waals surface area (Å²) in [7, 11) is 0. The van der Waals surface area contributed by atoms with Crippen LogP contribution in [0.15, 0.2) is 42.5 Å². The number of rotatable bonds is 2. The molecule has 3 aromatic rings. The van der Waals surface area contributed by atoms with Gasteiger partial charge in [0.05, 0.1) is 5.52 Å². The SMILES string of the molecule is Cc1c(C(=O)O)nn2c(C)cc(-c3ccccc3)cc12. The summed E-state index contributed by atoms with van der Waals surface area (Å²) < 4.78 is 1.69. The lowest BCUT2D eigenvalue weighted by atomic mass is 10.0. The van der Waals surface area contributed by atoms with Crippen LogP contribution in [0.3, 0.4) is 0 Å². The minimum absolute atomic E-state index is 0.110. The Morgan fingerprint density at radius 2 is 1.80 bits per heavy atom. The van der Waals surface area contributed by atoms with Gasteiger partial charge in [-0.2, -0.15) is 5.10 Å². The van der Waals surface area contributed by atoms with Crippen molar-refractivity contribution in [3.63, 3.8) is 0 Å². The fourth-order valence-electron chi connectivity index (χ4n) is 2.42. The highest BCUT2D eigenvalue weighted by Gasteiger charge is 2.16. The molecule has 0 radical (unpaired) electrons. The first kappa shape index (κ1) is 12.4. The molecule has 0 unspecified atom stereocenters. The molecule has 100 valence electrons. The van der Waals surface area contributed by atoms with Crippen molar-refractivity contribution in [2.75, 3.05) is 0 Å². The maximum atomic E-state index is 11.2. The monoisotopic (exact) mass is 266 g/mol. The van der Waals surface area contributed by atoms with Gasteiger partial charge < -0.3 is 5.11 Å². The zero-order valence-corrected chi connectivity index (χ0v) is 11.3. The number of benzene rings is 1. The number of hydrogen-bond acceptors (Lipinski definition) is 2. The average Bonchev–Trinajstić information content (AvgIpc) is 2.78. The Morgan fingerprint density at radius 1 is 1.10 bits per heavy atom. The molecule has 0 bridgehead atoms. The molecule has 1 N–H and O–H groups in total. The molecule has 0 aliphatic carbocycles. The van der Waals surface area contributed by atoms with E-state index >= 15 is 0 Å². The number of aromatic nitrogens is 2. The Labute approximate surface area is 116 Å². The molecule has 4 nitrogen and oxygen atoms in total. The standard InChI is InChI=1S/C16H14N2O2/c1-10-8-13(12-6-4-3-5-7-12)9-14-11(2)15(16(19)20)17-18(10)14/h3-9H,1-2H3,(H,19,20). The van der Waals surface area contributed by atoms with E-state index in [9.17, 15) is 4.79 Å². The molecule has 0 atom stereocenters. The van der Waals surface area contributed by atoms with Gasteiger partial charge in [0.15, 0.2) is 5.69 Å². The molecule has 2 heterocycles. The Bertz CT molecular complexity index is 804. The van der Waals surface area contributed by atoms with E-state index in [0.717, 1.165) is 22.3 Å². The van der Waals surface area contributed by atoms with Gasteiger partial charge >= 0.3 is 5.97 Å². The molecule has 4 heteroatoms. The summed E-state index contributed by atoms with van der Waals surface area (Å²) in [6.07, 6.45) is 0. The molecule has 3 rings (SSSR count). The van der Waals surface area contributed by atoms with Crippen molar-refractivity contribution in [3.8, 4) is 11.1 Å². The lowest BCUT2D eigenvalue weighted by molar-refractivity contribution is 0.0689. The van der Waals surface area contributed by atoms with Crippen molar-refractivity contribution < 1.29 is 9.90 Å². The van der Waals surface area contributed by atoms with Crippen molar-refractivity contribution >= 4 is 11.5 Å². The number of hydrogen-bond donors (Lipinski definition) is 1. The number of nitrogens with zero attached hydrogens (tertiary/aromatic N) is 2. The van der Waals surface area contributed by atoms with Crippen LogP contribution in [-0.2, 0) is 0 Å². The van der Waals surface area contributed by atoms with E-state index in [-0.39, 0.29) is 5.69 Å². The number of aryl methyl sites for hydroxylation is 2. The molecule has 0 amide bonds. The second kappa shape index (κ2) is 4.49. The zero-order chi connectivity index (χ0) is 14.3. The van der Waals surface area contributed by atoms with E-state index in [4.69, 9.17) is 5.11 Å². The molecule has 0 aliphatic rings. The molecule has 0 aliphatic heterocycles. The Kier molecular flexibility index (Phi) is 2.79. The second-order valence-corrected chi connectivity index (χ2v) is 4.83. The fraction of sp³-hybridized carbons (Fsp3) is 0.125. The third kappa shape index (κ3) is 1.86. The maximum absolute atomic E-state index is 11.2. The molecule has 0 saturated carbocycles. The third-order valence-electron chi connectivity index (χ3n) is 3.47. The molecule has 20 heavy (non-hydrogen) atoms. The summed E-state index contributed by atoms with van der Waals surface area (Å²) in [6, 6.07) is 14.0. The van der Waals surface area contributed by atoms with E-state index < -0.39 is 5.97 Å². The van der Waals surface area contributed by atoms with E-state index in [0.29, 0.717) is 5.56 Å². The van der Waals surface area contributed by atoms with E-state index in [1.807, 2.05) is 49.4 Å². The Balaban J connectivity index is 2.29. The summed E-state index contributed by atoms with van der Waals surface area (Å²) in [6.45, 7) is 3.72. The van der Waals surface area contributed by atoms with Crippen LogP contribution in [0.4, 0.5) is 0 Å². The largest absolute Gasteiger partial charge is 0.476 e. The van der Waals surface area contributed by atoms with Crippen LogP contribution in [0.25, 0.3) is 16.6 Å². The molecular formula is C16H14N2O2. The molecule has 2 aromatic heterocycles. The van der Waals surface area contributed by atoms with Gasteiger partial charge in [0.2, 0.25) is 0 Å². The van der Waals surface area contributed by atoms with Crippen LogP contribution in [0.2, 0.25) is 0 Å². The van der Waals surface area contributed by atoms with Gasteiger partial charge in [-0.15, -0.1) is 0 Å². The van der Waals surface area contributed by atoms with E-state index in [1.165, 1.54) is 0 Å². The minimum atomic E-state index is -0.994. The number of pyridine rings is 1. The van der Waals surface area contributed by atoms with Crippen LogP contribution >= 0.6 is 0 Å². The van der Waals surface area contributed by atoms with Crippen LogP contribution < -0.4 is 0 Å². The van der Waals surface area contributed by atoms with Crippen molar-refractivity contribution in [1.82, 2.24) is 9.61 Å². The van der Waals surface area contributed by atoms with Crippen LogP contribution in [0, 0.1) is 13.8 Å². The van der Waals surface area contributed by atoms with Crippen molar-refractivity contribution in [2.45, 2.75) is 13.8 Å². The predicted molar refractivity (Wildman–Crippen MR) is 77.1 cm³/mol. The van der Waals surface area contributed by atoms with Crippen molar-refractivity contribution in [3.05, 3.63) is 59.4 Å². The van der Waals surface area contributed by atoms with Gasteiger partial charge in [-0.3, -0.25) is 0 Å². The summed E-state index contributed by atoms with van der Waals surface area (Å²) in [5, 5.41) is 13.3. The number of carbonyl (C=O) groups is 1. The first-order valence-corrected chi connectivity index (χ1v) is 6.36. The number of aromatic carboxylic acids is 1. The van der Waals surface area contributed by atoms with Gasteiger partial charge in [-0.25, -0.2) is 9.31 Å². The van der Waals surface area contributed by atoms with Gasteiger partial charge in [-0.05, 0) is 37.1 Å². The molecular weight excluding hydrogens is 252 g/mol. The molecule has 0 saturated heterocycles. The zero-order valence-electron chi connectivity index (χ0n) is 11.3. The first-order valence-electron chi connectivity index (χ1n) is 6.36. The second-order valence-electron chi connectivity index (χ2n) is 4.83. The fourth-order valence-corrected chi connectivity index (χ4v) is 2.42. The Morgan fingerprint density at radius 3 is 2.45 bits per heavy atom. The summed E-state index contributed by atoms with van der Waals surface area (Å²) in [4.78, 5) is 11.2. The summed E-state index contributed by atoms with van der Waals surface area (Å²) in [5.41, 5.74) is 4.72. The number of fused-ring (bicyclic) bond motifs is 1. The Hall–Kier alpha value is -2.62. The van der Waals surface area contributed by atoms with Crippen LogP contribution in [0.1, 0.15) is 21.7 Å². The summed E-state index contributed by atoms with van der Waals surface area (Å²) >= 11 is 0. The number of carboxylic acids is 1. The lowest BCUT2D eigenvalue weighted by Gasteiger charge is -2.06. The average molecular weight is 266 g/mol. The topological polar surface area (TPSA) is 54.6 Å². The first-order chi connectivity index (χ1) is 9.58. The highest BCUT2D eigenvalue weighted by Crippen LogP contribution is 2.25. The smallest absolute Gasteiger partial charge is 0.356 e. The molecule has 1 aromatic carbocycles. The van der Waals surface area contributed by atoms with Gasteiger partial charge in [-0.1, -0.05) is 30.3 Å². The van der Waals surface area contributed by atoms with Crippen LogP contribution in [-0.4, -0.2) is 20.7 Å². The highest BCUT2D eigenvalue weighted by molar-refractivity contribution is 5.90. The third-order valence-corrected chi connectivity index (χ3v) is 3.47. The van der Waals surface area contributed by atoms with Gasteiger partial charge in [0.1, 0.15) is 0 Å². The lowest BCUT2D eigenvalue weighted by Crippen LogP contribution is -2.00. The highest BCUT2D eigenvalue weighted by atomic mass is 16.4. The molecule has 0 spiro atoms. The van der Waals surface area contributed by atoms with Gasteiger partial charge in [0.25, 0.3) is 0 Å². The predicted octanol–water partition coefficient (Wildman–Crippen LogP) is 3.32. The minimum Gasteiger partial charge on any atom is -0.476 e. The van der Waals surface area contributed by atoms with Gasteiger partial charge in [0, 0.05) is 11.3 Å².